The Bertz CT molecular complexity index is 437. The lowest BCUT2D eigenvalue weighted by molar-refractivity contribution is 0.0910. The van der Waals surface area contributed by atoms with Crippen molar-refractivity contribution in [2.75, 3.05) is 39.3 Å². The number of hydrogen-bond acceptors (Lipinski definition) is 3. The summed E-state index contributed by atoms with van der Waals surface area (Å²) < 4.78 is 26.8. The van der Waals surface area contributed by atoms with Gasteiger partial charge in [-0.3, -0.25) is 4.90 Å². The van der Waals surface area contributed by atoms with Gasteiger partial charge >= 0.3 is 0 Å². The van der Waals surface area contributed by atoms with Gasteiger partial charge in [-0.1, -0.05) is 13.8 Å². The summed E-state index contributed by atoms with van der Waals surface area (Å²) in [6.45, 7) is 9.61. The largest absolute Gasteiger partial charge is 0.329 e. The standard InChI is InChI=1S/C16H25F2N3/c1-12(2)11-20-3-5-21(6-4-20)16(10-19)13-7-14(17)9-15(18)8-13/h7-9,12,16H,3-6,10-11,19H2,1-2H3. The van der Waals surface area contributed by atoms with E-state index < -0.39 is 11.6 Å². The molecule has 2 N–H and O–H groups in total. The van der Waals surface area contributed by atoms with E-state index in [0.717, 1.165) is 38.8 Å². The summed E-state index contributed by atoms with van der Waals surface area (Å²) in [6.07, 6.45) is 0. The van der Waals surface area contributed by atoms with E-state index in [1.807, 2.05) is 0 Å². The molecule has 0 saturated carbocycles. The molecular formula is C16H25F2N3. The Balaban J connectivity index is 2.02. The molecule has 1 aromatic rings. The van der Waals surface area contributed by atoms with Crippen molar-refractivity contribution < 1.29 is 8.78 Å². The van der Waals surface area contributed by atoms with Crippen LogP contribution in [0.25, 0.3) is 0 Å². The summed E-state index contributed by atoms with van der Waals surface area (Å²) in [5, 5.41) is 0. The highest BCUT2D eigenvalue weighted by Gasteiger charge is 2.25. The molecular weight excluding hydrogens is 272 g/mol. The van der Waals surface area contributed by atoms with Crippen LogP contribution in [-0.4, -0.2) is 49.1 Å². The molecule has 0 spiro atoms. The monoisotopic (exact) mass is 297 g/mol. The van der Waals surface area contributed by atoms with E-state index in [1.54, 1.807) is 0 Å². The molecule has 1 atom stereocenters. The second-order valence-corrected chi connectivity index (χ2v) is 6.18. The highest BCUT2D eigenvalue weighted by atomic mass is 19.1. The Morgan fingerprint density at radius 3 is 2.10 bits per heavy atom. The first-order chi connectivity index (χ1) is 9.99. The van der Waals surface area contributed by atoms with Gasteiger partial charge in [-0.25, -0.2) is 8.78 Å². The highest BCUT2D eigenvalue weighted by Crippen LogP contribution is 2.23. The summed E-state index contributed by atoms with van der Waals surface area (Å²) in [5.41, 5.74) is 6.48. The summed E-state index contributed by atoms with van der Waals surface area (Å²) in [4.78, 5) is 4.66. The maximum atomic E-state index is 13.4. The predicted octanol–water partition coefficient (Wildman–Crippen LogP) is 2.24. The first kappa shape index (κ1) is 16.3. The molecule has 1 aliphatic heterocycles. The summed E-state index contributed by atoms with van der Waals surface area (Å²) in [6, 6.07) is 3.57. The lowest BCUT2D eigenvalue weighted by atomic mass is 10.0. The molecule has 118 valence electrons. The van der Waals surface area contributed by atoms with Crippen LogP contribution in [0, 0.1) is 17.6 Å². The maximum Gasteiger partial charge on any atom is 0.126 e. The second kappa shape index (κ2) is 7.29. The molecule has 0 bridgehead atoms. The summed E-state index contributed by atoms with van der Waals surface area (Å²) in [5.74, 6) is -0.428. The molecule has 1 saturated heterocycles. The van der Waals surface area contributed by atoms with Gasteiger partial charge in [0.15, 0.2) is 0 Å². The number of hydrogen-bond donors (Lipinski definition) is 1. The molecule has 21 heavy (non-hydrogen) atoms. The number of benzene rings is 1. The van der Waals surface area contributed by atoms with Crippen LogP contribution in [0.5, 0.6) is 0 Å². The maximum absolute atomic E-state index is 13.4. The Labute approximate surface area is 125 Å². The predicted molar refractivity (Wildman–Crippen MR) is 81.0 cm³/mol. The molecule has 2 rings (SSSR count). The number of piperazine rings is 1. The minimum atomic E-state index is -0.540. The molecule has 3 nitrogen and oxygen atoms in total. The van der Waals surface area contributed by atoms with Gasteiger partial charge in [0.25, 0.3) is 0 Å². The van der Waals surface area contributed by atoms with Crippen LogP contribution in [-0.2, 0) is 0 Å². The quantitative estimate of drug-likeness (QED) is 0.904. The Morgan fingerprint density at radius 2 is 1.62 bits per heavy atom. The van der Waals surface area contributed by atoms with Gasteiger partial charge in [-0.15, -0.1) is 0 Å². The van der Waals surface area contributed by atoms with Crippen LogP contribution in [0.2, 0.25) is 0 Å². The first-order valence-corrected chi connectivity index (χ1v) is 7.62. The number of nitrogens with two attached hydrogens (primary N) is 1. The fraction of sp³-hybridized carbons (Fsp3) is 0.625. The van der Waals surface area contributed by atoms with Gasteiger partial charge in [0.05, 0.1) is 0 Å². The second-order valence-electron chi connectivity index (χ2n) is 6.18. The van der Waals surface area contributed by atoms with Crippen LogP contribution >= 0.6 is 0 Å². The minimum absolute atomic E-state index is 0.114. The van der Waals surface area contributed by atoms with E-state index in [1.165, 1.54) is 12.1 Å². The SMILES string of the molecule is CC(C)CN1CCN(C(CN)c2cc(F)cc(F)c2)CC1. The molecule has 0 radical (unpaired) electrons. The zero-order valence-corrected chi connectivity index (χ0v) is 12.9. The van der Waals surface area contributed by atoms with Gasteiger partial charge < -0.3 is 10.6 Å². The molecule has 0 aliphatic carbocycles. The van der Waals surface area contributed by atoms with Crippen molar-refractivity contribution in [2.24, 2.45) is 11.7 Å². The Morgan fingerprint density at radius 1 is 1.05 bits per heavy atom. The van der Waals surface area contributed by atoms with Gasteiger partial charge in [-0.2, -0.15) is 0 Å². The average molecular weight is 297 g/mol. The molecule has 1 unspecified atom stereocenters. The lowest BCUT2D eigenvalue weighted by Crippen LogP contribution is -2.49. The van der Waals surface area contributed by atoms with Crippen molar-refractivity contribution in [2.45, 2.75) is 19.9 Å². The Kier molecular flexibility index (Phi) is 5.67. The van der Waals surface area contributed by atoms with Crippen LogP contribution in [0.1, 0.15) is 25.5 Å². The van der Waals surface area contributed by atoms with Crippen molar-refractivity contribution in [1.82, 2.24) is 9.80 Å². The van der Waals surface area contributed by atoms with Gasteiger partial charge in [-0.05, 0) is 23.6 Å². The third kappa shape index (κ3) is 4.46. The zero-order chi connectivity index (χ0) is 15.4. The van der Waals surface area contributed by atoms with Crippen LogP contribution in [0.3, 0.4) is 0 Å². The van der Waals surface area contributed by atoms with E-state index >= 15 is 0 Å². The van der Waals surface area contributed by atoms with Crippen molar-refractivity contribution in [3.8, 4) is 0 Å². The average Bonchev–Trinajstić information content (AvgIpc) is 2.40. The van der Waals surface area contributed by atoms with Gasteiger partial charge in [0.1, 0.15) is 11.6 Å². The fourth-order valence-electron chi connectivity index (χ4n) is 3.04. The number of halogens is 2. The van der Waals surface area contributed by atoms with Crippen molar-refractivity contribution in [1.29, 1.82) is 0 Å². The van der Waals surface area contributed by atoms with E-state index in [9.17, 15) is 8.78 Å². The van der Waals surface area contributed by atoms with Crippen LogP contribution in [0.4, 0.5) is 8.78 Å². The minimum Gasteiger partial charge on any atom is -0.329 e. The van der Waals surface area contributed by atoms with Crippen molar-refractivity contribution in [3.63, 3.8) is 0 Å². The topological polar surface area (TPSA) is 32.5 Å². The van der Waals surface area contributed by atoms with E-state index in [0.29, 0.717) is 18.0 Å². The van der Waals surface area contributed by atoms with Crippen LogP contribution < -0.4 is 5.73 Å². The normalized spacial score (nSPS) is 19.1. The molecule has 1 fully saturated rings. The summed E-state index contributed by atoms with van der Waals surface area (Å²) >= 11 is 0. The van der Waals surface area contributed by atoms with Gasteiger partial charge in [0, 0.05) is 51.4 Å². The van der Waals surface area contributed by atoms with E-state index in [4.69, 9.17) is 5.73 Å². The van der Waals surface area contributed by atoms with Crippen LogP contribution in [0.15, 0.2) is 18.2 Å². The fourth-order valence-corrected chi connectivity index (χ4v) is 3.04. The van der Waals surface area contributed by atoms with Crippen molar-refractivity contribution >= 4 is 0 Å². The molecule has 0 amide bonds. The smallest absolute Gasteiger partial charge is 0.126 e. The molecule has 1 heterocycles. The zero-order valence-electron chi connectivity index (χ0n) is 12.9. The number of nitrogens with zero attached hydrogens (tertiary/aromatic N) is 2. The molecule has 5 heteroatoms. The lowest BCUT2D eigenvalue weighted by Gasteiger charge is -2.39. The van der Waals surface area contributed by atoms with E-state index in [2.05, 4.69) is 23.6 Å². The third-order valence-electron chi connectivity index (χ3n) is 3.96. The molecule has 1 aliphatic rings. The van der Waals surface area contributed by atoms with Crippen molar-refractivity contribution in [3.05, 3.63) is 35.4 Å². The summed E-state index contributed by atoms with van der Waals surface area (Å²) in [7, 11) is 0. The number of rotatable bonds is 5. The van der Waals surface area contributed by atoms with Gasteiger partial charge in [0.2, 0.25) is 0 Å². The molecule has 1 aromatic carbocycles. The third-order valence-corrected chi connectivity index (χ3v) is 3.96. The highest BCUT2D eigenvalue weighted by molar-refractivity contribution is 5.22. The molecule has 0 aromatic heterocycles. The first-order valence-electron chi connectivity index (χ1n) is 7.62. The Hall–Kier alpha value is -1.04. The van der Waals surface area contributed by atoms with E-state index in [-0.39, 0.29) is 6.04 Å².